The van der Waals surface area contributed by atoms with Crippen molar-refractivity contribution in [1.82, 2.24) is 15.0 Å². The third-order valence-corrected chi connectivity index (χ3v) is 2.69. The second-order valence-electron chi connectivity index (χ2n) is 4.61. The van der Waals surface area contributed by atoms with Crippen LogP contribution in [-0.4, -0.2) is 27.7 Å². The fourth-order valence-corrected chi connectivity index (χ4v) is 1.70. The highest BCUT2D eigenvalue weighted by atomic mass is 19.4. The Morgan fingerprint density at radius 3 is 2.67 bits per heavy atom. The van der Waals surface area contributed by atoms with Gasteiger partial charge in [-0.2, -0.15) is 13.2 Å². The van der Waals surface area contributed by atoms with Gasteiger partial charge in [-0.1, -0.05) is 6.92 Å². The minimum Gasteiger partial charge on any atom is -0.449 e. The first kappa shape index (κ1) is 17.6. The van der Waals surface area contributed by atoms with Gasteiger partial charge in [0.25, 0.3) is 0 Å². The Morgan fingerprint density at radius 1 is 1.29 bits per heavy atom. The van der Waals surface area contributed by atoms with Crippen LogP contribution in [0.25, 0.3) is 11.4 Å². The zero-order chi connectivity index (χ0) is 17.7. The molecule has 0 bridgehead atoms. The average Bonchev–Trinajstić information content (AvgIpc) is 2.52. The fourth-order valence-electron chi connectivity index (χ4n) is 1.70. The van der Waals surface area contributed by atoms with Crippen LogP contribution < -0.4 is 5.32 Å². The van der Waals surface area contributed by atoms with Gasteiger partial charge in [0, 0.05) is 11.8 Å². The number of aromatic nitrogens is 3. The molecule has 1 N–H and O–H groups in total. The lowest BCUT2D eigenvalue weighted by Gasteiger charge is -2.13. The highest BCUT2D eigenvalue weighted by Gasteiger charge is 2.37. The van der Waals surface area contributed by atoms with Gasteiger partial charge in [0.1, 0.15) is 5.82 Å². The summed E-state index contributed by atoms with van der Waals surface area (Å²) in [6, 6.07) is 0.950. The van der Waals surface area contributed by atoms with E-state index >= 15 is 0 Å². The van der Waals surface area contributed by atoms with Gasteiger partial charge in [-0.3, -0.25) is 10.3 Å². The van der Waals surface area contributed by atoms with Crippen molar-refractivity contribution in [2.75, 3.05) is 11.9 Å². The molecule has 2 aromatic rings. The summed E-state index contributed by atoms with van der Waals surface area (Å²) in [6.07, 6.45) is -2.59. The van der Waals surface area contributed by atoms with Crippen LogP contribution in [0.5, 0.6) is 0 Å². The van der Waals surface area contributed by atoms with Gasteiger partial charge in [0.2, 0.25) is 0 Å². The van der Waals surface area contributed by atoms with Crippen LogP contribution >= 0.6 is 0 Å². The molecule has 0 aliphatic carbocycles. The van der Waals surface area contributed by atoms with Gasteiger partial charge in [-0.25, -0.2) is 19.2 Å². The first-order chi connectivity index (χ1) is 11.3. The molecule has 128 valence electrons. The number of nitrogens with zero attached hydrogens (tertiary/aromatic N) is 3. The Morgan fingerprint density at radius 2 is 2.04 bits per heavy atom. The van der Waals surface area contributed by atoms with E-state index < -0.39 is 29.5 Å². The van der Waals surface area contributed by atoms with Crippen LogP contribution in [0.2, 0.25) is 0 Å². The van der Waals surface area contributed by atoms with Gasteiger partial charge in [-0.05, 0) is 12.5 Å². The van der Waals surface area contributed by atoms with E-state index in [9.17, 15) is 22.4 Å². The van der Waals surface area contributed by atoms with Gasteiger partial charge in [0.15, 0.2) is 11.5 Å². The lowest BCUT2D eigenvalue weighted by atomic mass is 10.2. The SMILES string of the molecule is CCCOC(=O)Nc1cnc(-c2cncc(F)c2)nc1C(F)(F)F. The third kappa shape index (κ3) is 4.37. The summed E-state index contributed by atoms with van der Waals surface area (Å²) < 4.78 is 57.3. The summed E-state index contributed by atoms with van der Waals surface area (Å²) >= 11 is 0. The maximum Gasteiger partial charge on any atom is 0.435 e. The Labute approximate surface area is 133 Å². The molecule has 0 saturated carbocycles. The van der Waals surface area contributed by atoms with E-state index in [1.54, 1.807) is 6.92 Å². The summed E-state index contributed by atoms with van der Waals surface area (Å²) in [7, 11) is 0. The summed E-state index contributed by atoms with van der Waals surface area (Å²) in [4.78, 5) is 22.1. The minimum absolute atomic E-state index is 0.0272. The fraction of sp³-hybridized carbons (Fsp3) is 0.286. The van der Waals surface area contributed by atoms with Crippen molar-refractivity contribution >= 4 is 11.8 Å². The summed E-state index contributed by atoms with van der Waals surface area (Å²) in [5, 5.41) is 1.95. The molecule has 6 nitrogen and oxygen atoms in total. The number of hydrogen-bond acceptors (Lipinski definition) is 5. The molecule has 0 radical (unpaired) electrons. The Bertz CT molecular complexity index is 737. The molecule has 0 aromatic carbocycles. The molecule has 10 heteroatoms. The number of alkyl halides is 3. The zero-order valence-electron chi connectivity index (χ0n) is 12.4. The molecule has 0 spiro atoms. The van der Waals surface area contributed by atoms with Crippen LogP contribution in [-0.2, 0) is 10.9 Å². The molecule has 0 unspecified atom stereocenters. The van der Waals surface area contributed by atoms with Crippen molar-refractivity contribution in [2.24, 2.45) is 0 Å². The predicted molar refractivity (Wildman–Crippen MR) is 75.5 cm³/mol. The van der Waals surface area contributed by atoms with E-state index in [1.807, 2.05) is 5.32 Å². The monoisotopic (exact) mass is 344 g/mol. The quantitative estimate of drug-likeness (QED) is 0.857. The molecule has 0 aliphatic rings. The third-order valence-electron chi connectivity index (χ3n) is 2.69. The van der Waals surface area contributed by atoms with Crippen molar-refractivity contribution in [1.29, 1.82) is 0 Å². The number of rotatable bonds is 4. The second-order valence-corrected chi connectivity index (χ2v) is 4.61. The molecule has 0 saturated heterocycles. The van der Waals surface area contributed by atoms with Gasteiger partial charge >= 0.3 is 12.3 Å². The topological polar surface area (TPSA) is 77.0 Å². The Kier molecular flexibility index (Phi) is 5.27. The molecular formula is C14H12F4N4O2. The van der Waals surface area contributed by atoms with Crippen LogP contribution in [0.4, 0.5) is 28.0 Å². The number of anilines is 1. The lowest BCUT2D eigenvalue weighted by molar-refractivity contribution is -0.140. The van der Waals surface area contributed by atoms with E-state index in [1.165, 1.54) is 0 Å². The zero-order valence-corrected chi connectivity index (χ0v) is 12.4. The number of amides is 1. The van der Waals surface area contributed by atoms with Gasteiger partial charge in [0.05, 0.1) is 24.7 Å². The van der Waals surface area contributed by atoms with Gasteiger partial charge < -0.3 is 4.74 Å². The largest absolute Gasteiger partial charge is 0.449 e. The maximum absolute atomic E-state index is 13.2. The molecule has 1 amide bonds. The number of carbonyl (C=O) groups is 1. The van der Waals surface area contributed by atoms with Crippen LogP contribution in [0, 0.1) is 5.82 Å². The lowest BCUT2D eigenvalue weighted by Crippen LogP contribution is -2.20. The van der Waals surface area contributed by atoms with Gasteiger partial charge in [-0.15, -0.1) is 0 Å². The molecule has 0 atom stereocenters. The number of ether oxygens (including phenoxy) is 1. The molecule has 2 heterocycles. The molecule has 0 aliphatic heterocycles. The van der Waals surface area contributed by atoms with Crippen molar-refractivity contribution < 1.29 is 27.1 Å². The molecule has 2 rings (SSSR count). The summed E-state index contributed by atoms with van der Waals surface area (Å²) in [5.41, 5.74) is -2.05. The number of halogens is 4. The van der Waals surface area contributed by atoms with Crippen LogP contribution in [0.1, 0.15) is 19.0 Å². The maximum atomic E-state index is 13.2. The normalized spacial score (nSPS) is 11.2. The number of pyridine rings is 1. The highest BCUT2D eigenvalue weighted by Crippen LogP contribution is 2.34. The Hall–Kier alpha value is -2.78. The molecule has 0 fully saturated rings. The number of hydrogen-bond donors (Lipinski definition) is 1. The average molecular weight is 344 g/mol. The van der Waals surface area contributed by atoms with Crippen molar-refractivity contribution in [3.8, 4) is 11.4 Å². The number of carbonyl (C=O) groups excluding carboxylic acids is 1. The van der Waals surface area contributed by atoms with E-state index in [-0.39, 0.29) is 18.0 Å². The smallest absolute Gasteiger partial charge is 0.435 e. The predicted octanol–water partition coefficient (Wildman–Crippen LogP) is 3.66. The Balaban J connectivity index is 2.37. The highest BCUT2D eigenvalue weighted by molar-refractivity contribution is 5.85. The van der Waals surface area contributed by atoms with E-state index in [4.69, 9.17) is 0 Å². The molecular weight excluding hydrogens is 332 g/mol. The first-order valence-electron chi connectivity index (χ1n) is 6.80. The second kappa shape index (κ2) is 7.20. The van der Waals surface area contributed by atoms with E-state index in [0.29, 0.717) is 6.42 Å². The van der Waals surface area contributed by atoms with E-state index in [2.05, 4.69) is 19.7 Å². The molecule has 24 heavy (non-hydrogen) atoms. The summed E-state index contributed by atoms with van der Waals surface area (Å²) in [5.74, 6) is -1.11. The summed E-state index contributed by atoms with van der Waals surface area (Å²) in [6.45, 7) is 1.79. The number of nitrogens with one attached hydrogen (secondary N) is 1. The van der Waals surface area contributed by atoms with E-state index in [0.717, 1.165) is 24.7 Å². The van der Waals surface area contributed by atoms with Crippen molar-refractivity contribution in [3.05, 3.63) is 36.2 Å². The molecule has 2 aromatic heterocycles. The van der Waals surface area contributed by atoms with Crippen molar-refractivity contribution in [2.45, 2.75) is 19.5 Å². The van der Waals surface area contributed by atoms with Crippen molar-refractivity contribution in [3.63, 3.8) is 0 Å². The standard InChI is InChI=1S/C14H12F4N4O2/c1-2-3-24-13(23)21-10-7-20-12(22-11(10)14(16,17)18)8-4-9(15)6-19-5-8/h4-7H,2-3H2,1H3,(H,21,23). The minimum atomic E-state index is -4.86. The van der Waals surface area contributed by atoms with Crippen LogP contribution in [0.3, 0.4) is 0 Å². The van der Waals surface area contributed by atoms with Crippen LogP contribution in [0.15, 0.2) is 24.7 Å². The first-order valence-corrected chi connectivity index (χ1v) is 6.80.